The van der Waals surface area contributed by atoms with Crippen LogP contribution in [-0.4, -0.2) is 15.8 Å². The molecular weight excluding hydrogens is 176 g/mol. The number of anilines is 2. The molecule has 80 valence electrons. The highest BCUT2D eigenvalue weighted by molar-refractivity contribution is 5.64. The molecule has 0 radical (unpaired) electrons. The second-order valence-electron chi connectivity index (χ2n) is 3.81. The molecule has 0 aliphatic carbocycles. The van der Waals surface area contributed by atoms with Crippen molar-refractivity contribution in [3.63, 3.8) is 0 Å². The van der Waals surface area contributed by atoms with E-state index in [9.17, 15) is 0 Å². The maximum atomic E-state index is 5.90. The van der Waals surface area contributed by atoms with Crippen LogP contribution in [0.25, 0.3) is 0 Å². The topological polar surface area (TPSA) is 55.9 Å². The Balaban J connectivity index is 2.75. The van der Waals surface area contributed by atoms with Gasteiger partial charge in [0.05, 0.1) is 11.4 Å². The van der Waals surface area contributed by atoms with Gasteiger partial charge in [-0.05, 0) is 20.3 Å². The van der Waals surface area contributed by atoms with E-state index in [-0.39, 0.29) is 0 Å². The van der Waals surface area contributed by atoms with Gasteiger partial charge in [0.15, 0.2) is 0 Å². The van der Waals surface area contributed by atoms with Crippen molar-refractivity contribution >= 4 is 11.5 Å². The molecule has 1 aromatic rings. The van der Waals surface area contributed by atoms with Gasteiger partial charge >= 0.3 is 0 Å². The normalized spacial score (nSPS) is 12.9. The van der Waals surface area contributed by atoms with E-state index in [4.69, 9.17) is 5.73 Å². The number of hydrogen-bond donors (Lipinski definition) is 2. The Hall–Kier alpha value is -1.19. The van der Waals surface area contributed by atoms with Crippen molar-refractivity contribution in [1.82, 2.24) is 9.78 Å². The minimum atomic E-state index is 0.442. The Labute approximate surface area is 85.5 Å². The van der Waals surface area contributed by atoms with Crippen LogP contribution in [-0.2, 0) is 7.05 Å². The highest BCUT2D eigenvalue weighted by Gasteiger charge is 2.11. The van der Waals surface area contributed by atoms with Crippen molar-refractivity contribution in [3.8, 4) is 0 Å². The molecule has 0 aliphatic heterocycles. The fourth-order valence-corrected chi connectivity index (χ4v) is 1.58. The van der Waals surface area contributed by atoms with E-state index in [0.29, 0.717) is 6.04 Å². The van der Waals surface area contributed by atoms with Crippen LogP contribution in [0.1, 0.15) is 32.4 Å². The molecule has 0 saturated carbocycles. The summed E-state index contributed by atoms with van der Waals surface area (Å²) in [5, 5.41) is 7.63. The Bertz CT molecular complexity index is 303. The van der Waals surface area contributed by atoms with Gasteiger partial charge in [0, 0.05) is 13.1 Å². The van der Waals surface area contributed by atoms with Gasteiger partial charge in [-0.15, -0.1) is 0 Å². The summed E-state index contributed by atoms with van der Waals surface area (Å²) in [7, 11) is 1.91. The molecule has 1 rings (SSSR count). The molecule has 4 nitrogen and oxygen atoms in total. The zero-order valence-electron chi connectivity index (χ0n) is 9.46. The summed E-state index contributed by atoms with van der Waals surface area (Å²) in [6.45, 7) is 6.26. The van der Waals surface area contributed by atoms with Crippen LogP contribution in [0.5, 0.6) is 0 Å². The van der Waals surface area contributed by atoms with Crippen molar-refractivity contribution in [1.29, 1.82) is 0 Å². The van der Waals surface area contributed by atoms with E-state index in [0.717, 1.165) is 23.6 Å². The molecule has 0 fully saturated rings. The lowest BCUT2D eigenvalue weighted by Crippen LogP contribution is -2.17. The monoisotopic (exact) mass is 196 g/mol. The summed E-state index contributed by atoms with van der Waals surface area (Å²) in [6.07, 6.45) is 2.31. The van der Waals surface area contributed by atoms with Crippen molar-refractivity contribution in [2.75, 3.05) is 11.1 Å². The fraction of sp³-hybridized carbons (Fsp3) is 0.700. The highest BCUT2D eigenvalue weighted by Crippen LogP contribution is 2.22. The van der Waals surface area contributed by atoms with Crippen molar-refractivity contribution in [2.45, 2.75) is 39.7 Å². The molecule has 0 aromatic carbocycles. The average Bonchev–Trinajstić information content (AvgIpc) is 2.33. The zero-order valence-corrected chi connectivity index (χ0v) is 9.46. The van der Waals surface area contributed by atoms with Crippen molar-refractivity contribution in [2.24, 2.45) is 7.05 Å². The predicted octanol–water partition coefficient (Wildman–Crippen LogP) is 1.91. The van der Waals surface area contributed by atoms with Crippen LogP contribution in [0.2, 0.25) is 0 Å². The molecule has 1 heterocycles. The van der Waals surface area contributed by atoms with Crippen LogP contribution in [0.3, 0.4) is 0 Å². The smallest absolute Gasteiger partial charge is 0.147 e. The molecule has 3 N–H and O–H groups in total. The first-order valence-electron chi connectivity index (χ1n) is 5.11. The number of aryl methyl sites for hydroxylation is 2. The number of nitrogens with zero attached hydrogens (tertiary/aromatic N) is 2. The van der Waals surface area contributed by atoms with Crippen molar-refractivity contribution < 1.29 is 0 Å². The minimum absolute atomic E-state index is 0.442. The number of nitrogens with two attached hydrogens (primary N) is 1. The first-order valence-corrected chi connectivity index (χ1v) is 5.11. The molecule has 0 spiro atoms. The molecule has 0 saturated heterocycles. The van der Waals surface area contributed by atoms with Crippen LogP contribution in [0, 0.1) is 6.92 Å². The Morgan fingerprint density at radius 1 is 1.57 bits per heavy atom. The molecule has 4 heteroatoms. The second-order valence-corrected chi connectivity index (χ2v) is 3.81. The van der Waals surface area contributed by atoms with Gasteiger partial charge < -0.3 is 11.1 Å². The molecular formula is C10H20N4. The SMILES string of the molecule is CCCC(C)Nc1c(N)c(C)nn1C. The van der Waals surface area contributed by atoms with E-state index < -0.39 is 0 Å². The molecule has 0 bridgehead atoms. The van der Waals surface area contributed by atoms with Crippen LogP contribution >= 0.6 is 0 Å². The maximum Gasteiger partial charge on any atom is 0.147 e. The van der Waals surface area contributed by atoms with Gasteiger partial charge in [0.2, 0.25) is 0 Å². The molecule has 14 heavy (non-hydrogen) atoms. The van der Waals surface area contributed by atoms with E-state index in [1.165, 1.54) is 6.42 Å². The first-order chi connectivity index (χ1) is 6.56. The highest BCUT2D eigenvalue weighted by atomic mass is 15.3. The molecule has 1 aromatic heterocycles. The third-order valence-electron chi connectivity index (χ3n) is 2.37. The standard InChI is InChI=1S/C10H20N4/c1-5-6-7(2)12-10-9(11)8(3)13-14(10)4/h7,12H,5-6,11H2,1-4H3. The van der Waals surface area contributed by atoms with Crippen molar-refractivity contribution in [3.05, 3.63) is 5.69 Å². The summed E-state index contributed by atoms with van der Waals surface area (Å²) < 4.78 is 1.80. The number of rotatable bonds is 4. The summed E-state index contributed by atoms with van der Waals surface area (Å²) in [5.41, 5.74) is 7.55. The van der Waals surface area contributed by atoms with E-state index in [1.54, 1.807) is 4.68 Å². The zero-order chi connectivity index (χ0) is 10.7. The van der Waals surface area contributed by atoms with Crippen LogP contribution < -0.4 is 11.1 Å². The van der Waals surface area contributed by atoms with Gasteiger partial charge in [-0.25, -0.2) is 0 Å². The Morgan fingerprint density at radius 2 is 2.21 bits per heavy atom. The number of aromatic nitrogens is 2. The average molecular weight is 196 g/mol. The molecule has 0 aliphatic rings. The van der Waals surface area contributed by atoms with Gasteiger partial charge in [0.25, 0.3) is 0 Å². The maximum absolute atomic E-state index is 5.90. The van der Waals surface area contributed by atoms with E-state index in [1.807, 2.05) is 14.0 Å². The summed E-state index contributed by atoms with van der Waals surface area (Å²) in [6, 6.07) is 0.442. The van der Waals surface area contributed by atoms with E-state index >= 15 is 0 Å². The number of nitrogen functional groups attached to an aromatic ring is 1. The quantitative estimate of drug-likeness (QED) is 0.773. The molecule has 1 unspecified atom stereocenters. The molecule has 1 atom stereocenters. The largest absolute Gasteiger partial charge is 0.394 e. The molecule has 0 amide bonds. The lowest BCUT2D eigenvalue weighted by molar-refractivity contribution is 0.671. The van der Waals surface area contributed by atoms with Gasteiger partial charge in [0.1, 0.15) is 5.82 Å². The lowest BCUT2D eigenvalue weighted by atomic mass is 10.2. The van der Waals surface area contributed by atoms with Crippen LogP contribution in [0.4, 0.5) is 11.5 Å². The second kappa shape index (κ2) is 4.35. The Morgan fingerprint density at radius 3 is 2.64 bits per heavy atom. The number of hydrogen-bond acceptors (Lipinski definition) is 3. The summed E-state index contributed by atoms with van der Waals surface area (Å²) >= 11 is 0. The fourth-order valence-electron chi connectivity index (χ4n) is 1.58. The van der Waals surface area contributed by atoms with Gasteiger partial charge in [-0.1, -0.05) is 13.3 Å². The third kappa shape index (κ3) is 2.19. The summed E-state index contributed by atoms with van der Waals surface area (Å²) in [5.74, 6) is 0.934. The predicted molar refractivity (Wildman–Crippen MR) is 60.4 cm³/mol. The minimum Gasteiger partial charge on any atom is -0.394 e. The van der Waals surface area contributed by atoms with Gasteiger partial charge in [-0.3, -0.25) is 4.68 Å². The lowest BCUT2D eigenvalue weighted by Gasteiger charge is -2.14. The third-order valence-corrected chi connectivity index (χ3v) is 2.37. The van der Waals surface area contributed by atoms with Crippen LogP contribution in [0.15, 0.2) is 0 Å². The first kappa shape index (κ1) is 10.9. The van der Waals surface area contributed by atoms with E-state index in [2.05, 4.69) is 24.3 Å². The number of nitrogens with one attached hydrogen (secondary N) is 1. The van der Waals surface area contributed by atoms with Gasteiger partial charge in [-0.2, -0.15) is 5.10 Å². The summed E-state index contributed by atoms with van der Waals surface area (Å²) in [4.78, 5) is 0. The Kier molecular flexibility index (Phi) is 3.38.